The van der Waals surface area contributed by atoms with Gasteiger partial charge in [0.05, 0.1) is 12.8 Å². The second-order valence-electron chi connectivity index (χ2n) is 7.09. The lowest BCUT2D eigenvalue weighted by Gasteiger charge is -2.17. The molecule has 0 spiro atoms. The third-order valence-electron chi connectivity index (χ3n) is 4.41. The molecule has 0 saturated carbocycles. The van der Waals surface area contributed by atoms with E-state index in [0.717, 1.165) is 24.5 Å². The second-order valence-corrected chi connectivity index (χ2v) is 8.46. The Bertz CT molecular complexity index is 962. The fourth-order valence-corrected chi connectivity index (χ4v) is 3.98. The quantitative estimate of drug-likeness (QED) is 0.365. The third kappa shape index (κ3) is 6.49. The van der Waals surface area contributed by atoms with Crippen molar-refractivity contribution < 1.29 is 9.21 Å². The van der Waals surface area contributed by atoms with Crippen LogP contribution in [0.2, 0.25) is 0 Å². The lowest BCUT2D eigenvalue weighted by molar-refractivity contribution is 0.0996. The fraction of sp³-hybridized carbons (Fsp3) is 0.304. The number of carbonyl (C=O) groups excluding carboxylic acids is 1. The summed E-state index contributed by atoms with van der Waals surface area (Å²) in [5.74, 6) is 0.824. The first-order valence-corrected chi connectivity index (χ1v) is 10.9. The van der Waals surface area contributed by atoms with Crippen LogP contribution in [0.15, 0.2) is 64.2 Å². The topological polar surface area (TPSA) is 78.7 Å². The average Bonchev–Trinajstić information content (AvgIpc) is 3.39. The molecule has 2 aromatic heterocycles. The zero-order valence-corrected chi connectivity index (χ0v) is 18.4. The van der Waals surface area contributed by atoms with Crippen LogP contribution in [0.3, 0.4) is 0 Å². The van der Waals surface area contributed by atoms with Gasteiger partial charge in [0.1, 0.15) is 0 Å². The van der Waals surface area contributed by atoms with Crippen molar-refractivity contribution in [1.82, 2.24) is 10.6 Å². The molecule has 3 aromatic rings. The van der Waals surface area contributed by atoms with Crippen molar-refractivity contribution in [2.75, 3.05) is 11.9 Å². The number of benzene rings is 1. The van der Waals surface area contributed by atoms with Crippen molar-refractivity contribution in [3.63, 3.8) is 0 Å². The maximum absolute atomic E-state index is 12.0. The summed E-state index contributed by atoms with van der Waals surface area (Å²) in [6, 6.07) is 15.6. The average molecular weight is 425 g/mol. The normalized spacial score (nSPS) is 12.4. The number of nitrogens with one attached hydrogen (secondary N) is 3. The monoisotopic (exact) mass is 424 g/mol. The summed E-state index contributed by atoms with van der Waals surface area (Å²) in [5.41, 5.74) is 1.78. The minimum Gasteiger partial charge on any atom is -0.459 e. The SMILES string of the molecule is CCNC(=NCc1ccc(NC(=O)c2ccco2)cc1)NC(C)Cc1ccc(C)s1. The molecule has 158 valence electrons. The van der Waals surface area contributed by atoms with Crippen LogP contribution < -0.4 is 16.0 Å². The second kappa shape index (κ2) is 10.6. The lowest BCUT2D eigenvalue weighted by atomic mass is 10.2. The van der Waals surface area contributed by atoms with Crippen LogP contribution >= 0.6 is 11.3 Å². The molecule has 0 saturated heterocycles. The number of amides is 1. The van der Waals surface area contributed by atoms with E-state index in [1.165, 1.54) is 16.0 Å². The summed E-state index contributed by atoms with van der Waals surface area (Å²) in [6.45, 7) is 7.70. The third-order valence-corrected chi connectivity index (χ3v) is 5.43. The molecule has 1 unspecified atom stereocenters. The molecule has 1 atom stereocenters. The van der Waals surface area contributed by atoms with Gasteiger partial charge in [0.25, 0.3) is 5.91 Å². The standard InChI is InChI=1S/C23H28N4O2S/c1-4-24-23(26-16(2)14-20-12-7-17(3)30-20)25-15-18-8-10-19(11-9-18)27-22(28)21-6-5-13-29-21/h5-13,16H,4,14-15H2,1-3H3,(H,27,28)(H2,24,25,26). The molecule has 0 radical (unpaired) electrons. The van der Waals surface area contributed by atoms with Gasteiger partial charge < -0.3 is 20.4 Å². The number of hydrogen-bond acceptors (Lipinski definition) is 4. The number of furan rings is 1. The van der Waals surface area contributed by atoms with E-state index in [1.54, 1.807) is 12.1 Å². The van der Waals surface area contributed by atoms with Crippen LogP contribution in [0.1, 0.15) is 39.7 Å². The minimum atomic E-state index is -0.265. The number of aliphatic imine (C=N–C) groups is 1. The number of nitrogens with zero attached hydrogens (tertiary/aromatic N) is 1. The van der Waals surface area contributed by atoms with Crippen molar-refractivity contribution in [3.8, 4) is 0 Å². The van der Waals surface area contributed by atoms with Gasteiger partial charge in [0.15, 0.2) is 11.7 Å². The summed E-state index contributed by atoms with van der Waals surface area (Å²) in [6.07, 6.45) is 2.45. The Hall–Kier alpha value is -3.06. The smallest absolute Gasteiger partial charge is 0.291 e. The van der Waals surface area contributed by atoms with E-state index >= 15 is 0 Å². The predicted octanol–water partition coefficient (Wildman–Crippen LogP) is 4.59. The predicted molar refractivity (Wildman–Crippen MR) is 123 cm³/mol. The van der Waals surface area contributed by atoms with E-state index in [2.05, 4.69) is 48.9 Å². The summed E-state index contributed by atoms with van der Waals surface area (Å²) in [5, 5.41) is 9.60. The zero-order valence-electron chi connectivity index (χ0n) is 17.6. The molecule has 7 heteroatoms. The maximum atomic E-state index is 12.0. The van der Waals surface area contributed by atoms with Gasteiger partial charge in [-0.1, -0.05) is 12.1 Å². The molecule has 3 rings (SSSR count). The molecule has 1 aromatic carbocycles. The van der Waals surface area contributed by atoms with Crippen LogP contribution in [0, 0.1) is 6.92 Å². The van der Waals surface area contributed by atoms with Gasteiger partial charge in [-0.05, 0) is 62.7 Å². The van der Waals surface area contributed by atoms with Gasteiger partial charge in [-0.25, -0.2) is 4.99 Å². The minimum absolute atomic E-state index is 0.265. The molecule has 3 N–H and O–H groups in total. The molecule has 0 aliphatic carbocycles. The van der Waals surface area contributed by atoms with Crippen LogP contribution in [0.5, 0.6) is 0 Å². The van der Waals surface area contributed by atoms with Crippen molar-refractivity contribution in [1.29, 1.82) is 0 Å². The van der Waals surface area contributed by atoms with Crippen molar-refractivity contribution in [2.45, 2.75) is 39.8 Å². The van der Waals surface area contributed by atoms with E-state index in [4.69, 9.17) is 9.41 Å². The van der Waals surface area contributed by atoms with Gasteiger partial charge in [0, 0.05) is 34.4 Å². The molecule has 0 bridgehead atoms. The van der Waals surface area contributed by atoms with Crippen molar-refractivity contribution in [3.05, 3.63) is 75.9 Å². The van der Waals surface area contributed by atoms with E-state index in [9.17, 15) is 4.79 Å². The number of rotatable bonds is 8. The molecule has 0 fully saturated rings. The van der Waals surface area contributed by atoms with Crippen LogP contribution in [-0.4, -0.2) is 24.5 Å². The van der Waals surface area contributed by atoms with Crippen molar-refractivity contribution in [2.24, 2.45) is 4.99 Å². The van der Waals surface area contributed by atoms with Gasteiger partial charge in [-0.2, -0.15) is 0 Å². The molecule has 6 nitrogen and oxygen atoms in total. The van der Waals surface area contributed by atoms with Crippen LogP contribution in [0.25, 0.3) is 0 Å². The Labute approximate surface area is 181 Å². The first-order chi connectivity index (χ1) is 14.5. The molecule has 30 heavy (non-hydrogen) atoms. The lowest BCUT2D eigenvalue weighted by Crippen LogP contribution is -2.43. The summed E-state index contributed by atoms with van der Waals surface area (Å²) in [7, 11) is 0. The maximum Gasteiger partial charge on any atom is 0.291 e. The number of aryl methyl sites for hydroxylation is 1. The van der Waals surface area contributed by atoms with Gasteiger partial charge >= 0.3 is 0 Å². The van der Waals surface area contributed by atoms with Crippen LogP contribution in [0.4, 0.5) is 5.69 Å². The fourth-order valence-electron chi connectivity index (χ4n) is 2.97. The van der Waals surface area contributed by atoms with E-state index in [0.29, 0.717) is 12.2 Å². The Morgan fingerprint density at radius 2 is 1.97 bits per heavy atom. The first kappa shape index (κ1) is 21.6. The van der Waals surface area contributed by atoms with Crippen molar-refractivity contribution >= 4 is 28.9 Å². The number of hydrogen-bond donors (Lipinski definition) is 3. The van der Waals surface area contributed by atoms with E-state index < -0.39 is 0 Å². The Morgan fingerprint density at radius 3 is 2.60 bits per heavy atom. The molecular formula is C23H28N4O2S. The van der Waals surface area contributed by atoms with Gasteiger partial charge in [-0.3, -0.25) is 4.79 Å². The Balaban J connectivity index is 1.55. The molecule has 1 amide bonds. The van der Waals surface area contributed by atoms with E-state index in [1.807, 2.05) is 35.6 Å². The van der Waals surface area contributed by atoms with E-state index in [-0.39, 0.29) is 17.7 Å². The Kier molecular flexibility index (Phi) is 7.68. The van der Waals surface area contributed by atoms with Gasteiger partial charge in [-0.15, -0.1) is 11.3 Å². The Morgan fingerprint density at radius 1 is 1.17 bits per heavy atom. The number of carbonyl (C=O) groups is 1. The largest absolute Gasteiger partial charge is 0.459 e. The summed E-state index contributed by atoms with van der Waals surface area (Å²) in [4.78, 5) is 19.4. The highest BCUT2D eigenvalue weighted by atomic mass is 32.1. The summed E-state index contributed by atoms with van der Waals surface area (Å²) >= 11 is 1.84. The van der Waals surface area contributed by atoms with Crippen LogP contribution in [-0.2, 0) is 13.0 Å². The molecule has 0 aliphatic rings. The number of anilines is 1. The highest BCUT2D eigenvalue weighted by Crippen LogP contribution is 2.17. The van der Waals surface area contributed by atoms with Gasteiger partial charge in [0.2, 0.25) is 0 Å². The first-order valence-electron chi connectivity index (χ1n) is 10.1. The number of guanidine groups is 1. The number of thiophene rings is 1. The molecule has 0 aliphatic heterocycles. The zero-order chi connectivity index (χ0) is 21.3. The molecular weight excluding hydrogens is 396 g/mol. The molecule has 2 heterocycles. The highest BCUT2D eigenvalue weighted by molar-refractivity contribution is 7.11. The highest BCUT2D eigenvalue weighted by Gasteiger charge is 2.09. The summed E-state index contributed by atoms with van der Waals surface area (Å²) < 4.78 is 5.11.